The fourth-order valence-corrected chi connectivity index (χ4v) is 2.48. The van der Waals surface area contributed by atoms with Gasteiger partial charge >= 0.3 is 12.0 Å². The van der Waals surface area contributed by atoms with Crippen LogP contribution in [-0.2, 0) is 9.53 Å². The van der Waals surface area contributed by atoms with Gasteiger partial charge in [-0.3, -0.25) is 0 Å². The van der Waals surface area contributed by atoms with Gasteiger partial charge in [0.1, 0.15) is 5.75 Å². The minimum absolute atomic E-state index is 0.358. The van der Waals surface area contributed by atoms with Crippen molar-refractivity contribution in [3.63, 3.8) is 0 Å². The van der Waals surface area contributed by atoms with E-state index in [1.165, 1.54) is 7.11 Å². The van der Waals surface area contributed by atoms with Crippen LogP contribution in [0.15, 0.2) is 35.5 Å². The largest absolute Gasteiger partial charge is 0.493 e. The number of esters is 1. The number of carbonyl (C=O) groups excluding carboxylic acids is 2. The number of methoxy groups -OCH3 is 1. The van der Waals surface area contributed by atoms with Crippen LogP contribution in [0.25, 0.3) is 0 Å². The van der Waals surface area contributed by atoms with E-state index in [1.54, 1.807) is 6.92 Å². The Morgan fingerprint density at radius 1 is 1.30 bits per heavy atom. The summed E-state index contributed by atoms with van der Waals surface area (Å²) in [6.07, 6.45) is 1.96. The van der Waals surface area contributed by atoms with Crippen LogP contribution < -0.4 is 15.4 Å². The van der Waals surface area contributed by atoms with Crippen molar-refractivity contribution in [2.45, 2.75) is 32.7 Å². The topological polar surface area (TPSA) is 76.7 Å². The van der Waals surface area contributed by atoms with E-state index in [0.717, 1.165) is 18.4 Å². The molecule has 0 saturated carbocycles. The fourth-order valence-electron chi connectivity index (χ4n) is 2.48. The number of ether oxygens (including phenoxy) is 2. The molecule has 1 unspecified atom stereocenters. The second kappa shape index (κ2) is 7.67. The Bertz CT molecular complexity index is 625. The fraction of sp³-hybridized carbons (Fsp3) is 0.412. The van der Waals surface area contributed by atoms with Crippen LogP contribution in [0.3, 0.4) is 0 Å². The van der Waals surface area contributed by atoms with Gasteiger partial charge in [-0.15, -0.1) is 0 Å². The van der Waals surface area contributed by atoms with Gasteiger partial charge in [0.05, 0.1) is 25.3 Å². The smallest absolute Gasteiger partial charge is 0.337 e. The molecule has 2 rings (SSSR count). The van der Waals surface area contributed by atoms with Crippen molar-refractivity contribution >= 4 is 12.0 Å². The molecule has 2 amide bonds. The van der Waals surface area contributed by atoms with Crippen molar-refractivity contribution in [1.29, 1.82) is 0 Å². The summed E-state index contributed by atoms with van der Waals surface area (Å²) < 4.78 is 10.7. The number of hydrogen-bond acceptors (Lipinski definition) is 4. The summed E-state index contributed by atoms with van der Waals surface area (Å²) >= 11 is 0. The van der Waals surface area contributed by atoms with Gasteiger partial charge in [-0.25, -0.2) is 9.59 Å². The third kappa shape index (κ3) is 3.83. The van der Waals surface area contributed by atoms with Crippen molar-refractivity contribution in [3.8, 4) is 5.75 Å². The number of unbranched alkanes of at least 4 members (excludes halogenated alkanes) is 1. The molecule has 2 N–H and O–H groups in total. The maximum absolute atomic E-state index is 12.1. The van der Waals surface area contributed by atoms with Crippen molar-refractivity contribution in [2.75, 3.05) is 13.7 Å². The van der Waals surface area contributed by atoms with Gasteiger partial charge in [0.15, 0.2) is 0 Å². The second-order valence-electron chi connectivity index (χ2n) is 5.30. The van der Waals surface area contributed by atoms with E-state index >= 15 is 0 Å². The van der Waals surface area contributed by atoms with Crippen LogP contribution in [-0.4, -0.2) is 25.7 Å². The summed E-state index contributed by atoms with van der Waals surface area (Å²) in [5, 5.41) is 5.37. The maximum atomic E-state index is 12.1. The molecule has 0 saturated heterocycles. The Morgan fingerprint density at radius 3 is 2.74 bits per heavy atom. The zero-order valence-corrected chi connectivity index (χ0v) is 13.6. The van der Waals surface area contributed by atoms with Crippen molar-refractivity contribution in [2.24, 2.45) is 0 Å². The first-order valence-electron chi connectivity index (χ1n) is 7.66. The minimum Gasteiger partial charge on any atom is -0.493 e. The molecular formula is C17H22N2O4. The van der Waals surface area contributed by atoms with E-state index in [-0.39, 0.29) is 6.03 Å². The summed E-state index contributed by atoms with van der Waals surface area (Å²) in [7, 11) is 1.32. The lowest BCUT2D eigenvalue weighted by Gasteiger charge is -2.29. The summed E-state index contributed by atoms with van der Waals surface area (Å²) in [4.78, 5) is 24.0. The first-order chi connectivity index (χ1) is 11.1. The number of nitrogens with one attached hydrogen (secondary N) is 2. The Hall–Kier alpha value is -2.50. The van der Waals surface area contributed by atoms with E-state index < -0.39 is 12.0 Å². The number of benzene rings is 1. The standard InChI is InChI=1S/C17H22N2O4/c1-4-5-10-23-13-9-7-6-8-12(13)15-14(16(20)22-3)11(2)18-17(21)19-15/h6-9,15H,4-5,10H2,1-3H3,(H2,18,19,21). The molecule has 6 nitrogen and oxygen atoms in total. The highest BCUT2D eigenvalue weighted by Gasteiger charge is 2.33. The van der Waals surface area contributed by atoms with E-state index in [9.17, 15) is 9.59 Å². The molecule has 124 valence electrons. The quantitative estimate of drug-likeness (QED) is 0.624. The molecule has 1 aromatic carbocycles. The molecule has 0 fully saturated rings. The van der Waals surface area contributed by atoms with Crippen LogP contribution >= 0.6 is 0 Å². The minimum atomic E-state index is -0.603. The zero-order valence-electron chi connectivity index (χ0n) is 13.6. The van der Waals surface area contributed by atoms with Crippen molar-refractivity contribution in [3.05, 3.63) is 41.1 Å². The van der Waals surface area contributed by atoms with Crippen LogP contribution in [0.5, 0.6) is 5.75 Å². The van der Waals surface area contributed by atoms with Gasteiger partial charge in [0.2, 0.25) is 0 Å². The summed E-state index contributed by atoms with van der Waals surface area (Å²) in [6, 6.07) is 6.43. The predicted molar refractivity (Wildman–Crippen MR) is 86.0 cm³/mol. The number of allylic oxidation sites excluding steroid dienone is 1. The molecule has 0 aliphatic carbocycles. The third-order valence-electron chi connectivity index (χ3n) is 3.66. The average molecular weight is 318 g/mol. The van der Waals surface area contributed by atoms with Crippen molar-refractivity contribution < 1.29 is 19.1 Å². The Morgan fingerprint density at radius 2 is 2.04 bits per heavy atom. The molecule has 1 aliphatic heterocycles. The molecule has 0 bridgehead atoms. The molecular weight excluding hydrogens is 296 g/mol. The van der Waals surface area contributed by atoms with Gasteiger partial charge in [-0.2, -0.15) is 0 Å². The van der Waals surface area contributed by atoms with Gasteiger partial charge in [0, 0.05) is 11.3 Å². The number of hydrogen-bond donors (Lipinski definition) is 2. The highest BCUT2D eigenvalue weighted by atomic mass is 16.5. The Labute approximate surface area is 135 Å². The third-order valence-corrected chi connectivity index (χ3v) is 3.66. The van der Waals surface area contributed by atoms with E-state index in [2.05, 4.69) is 17.6 Å². The van der Waals surface area contributed by atoms with Crippen LogP contribution in [0.2, 0.25) is 0 Å². The number of para-hydroxylation sites is 1. The van der Waals surface area contributed by atoms with Crippen molar-refractivity contribution in [1.82, 2.24) is 10.6 Å². The second-order valence-corrected chi connectivity index (χ2v) is 5.30. The average Bonchev–Trinajstić information content (AvgIpc) is 2.54. The lowest BCUT2D eigenvalue weighted by atomic mass is 9.95. The first-order valence-corrected chi connectivity index (χ1v) is 7.66. The molecule has 0 spiro atoms. The predicted octanol–water partition coefficient (Wildman–Crippen LogP) is 2.67. The number of carbonyl (C=O) groups is 2. The summed E-state index contributed by atoms with van der Waals surface area (Å²) in [6.45, 7) is 4.35. The summed E-state index contributed by atoms with van der Waals surface area (Å²) in [5.74, 6) is 0.172. The molecule has 23 heavy (non-hydrogen) atoms. The molecule has 1 atom stereocenters. The zero-order chi connectivity index (χ0) is 16.8. The van der Waals surface area contributed by atoms with Gasteiger partial charge < -0.3 is 20.1 Å². The number of amides is 2. The molecule has 0 aromatic heterocycles. The Balaban J connectivity index is 2.40. The van der Waals surface area contributed by atoms with Gasteiger partial charge in [-0.05, 0) is 19.4 Å². The van der Waals surface area contributed by atoms with E-state index in [4.69, 9.17) is 9.47 Å². The molecule has 1 aliphatic rings. The van der Waals surface area contributed by atoms with Crippen LogP contribution in [0.1, 0.15) is 38.3 Å². The maximum Gasteiger partial charge on any atom is 0.337 e. The first kappa shape index (κ1) is 16.9. The molecule has 1 heterocycles. The molecule has 6 heteroatoms. The number of rotatable bonds is 6. The SMILES string of the molecule is CCCCOc1ccccc1C1NC(=O)NC(C)=C1C(=O)OC. The lowest BCUT2D eigenvalue weighted by molar-refractivity contribution is -0.136. The van der Waals surface area contributed by atoms with Gasteiger partial charge in [0.25, 0.3) is 0 Å². The lowest BCUT2D eigenvalue weighted by Crippen LogP contribution is -2.45. The van der Waals surface area contributed by atoms with E-state index in [0.29, 0.717) is 23.6 Å². The highest BCUT2D eigenvalue weighted by molar-refractivity contribution is 5.95. The monoisotopic (exact) mass is 318 g/mol. The summed E-state index contributed by atoms with van der Waals surface area (Å²) in [5.41, 5.74) is 1.59. The highest BCUT2D eigenvalue weighted by Crippen LogP contribution is 2.33. The van der Waals surface area contributed by atoms with Gasteiger partial charge in [-0.1, -0.05) is 31.5 Å². The van der Waals surface area contributed by atoms with Crippen LogP contribution in [0, 0.1) is 0 Å². The van der Waals surface area contributed by atoms with E-state index in [1.807, 2.05) is 24.3 Å². The number of urea groups is 1. The van der Waals surface area contributed by atoms with Crippen LogP contribution in [0.4, 0.5) is 4.79 Å². The molecule has 1 aromatic rings. The normalized spacial score (nSPS) is 17.3. The Kier molecular flexibility index (Phi) is 5.62. The molecule has 0 radical (unpaired) electrons.